The lowest BCUT2D eigenvalue weighted by Gasteiger charge is -2.43. The van der Waals surface area contributed by atoms with E-state index in [-0.39, 0.29) is 11.5 Å². The van der Waals surface area contributed by atoms with Crippen molar-refractivity contribution in [1.82, 2.24) is 14.9 Å². The van der Waals surface area contributed by atoms with E-state index in [4.69, 9.17) is 4.74 Å². The van der Waals surface area contributed by atoms with Crippen LogP contribution in [0.5, 0.6) is 0 Å². The van der Waals surface area contributed by atoms with Crippen molar-refractivity contribution in [2.45, 2.75) is 24.9 Å². The summed E-state index contributed by atoms with van der Waals surface area (Å²) in [5.41, 5.74) is 3.76. The quantitative estimate of drug-likeness (QED) is 0.730. The lowest BCUT2D eigenvalue weighted by Crippen LogP contribution is -2.47. The van der Waals surface area contributed by atoms with Crippen LogP contribution in [0.25, 0.3) is 11.0 Å². The highest BCUT2D eigenvalue weighted by Gasteiger charge is 2.42. The highest BCUT2D eigenvalue weighted by molar-refractivity contribution is 7.10. The van der Waals surface area contributed by atoms with Crippen molar-refractivity contribution >= 4 is 28.3 Å². The van der Waals surface area contributed by atoms with Crippen LogP contribution in [0.2, 0.25) is 0 Å². The molecule has 0 bridgehead atoms. The van der Waals surface area contributed by atoms with Gasteiger partial charge in [0.05, 0.1) is 24.0 Å². The number of rotatable bonds is 1. The smallest absolute Gasteiger partial charge is 0.253 e. The van der Waals surface area contributed by atoms with Crippen LogP contribution < -0.4 is 0 Å². The van der Waals surface area contributed by atoms with Gasteiger partial charge < -0.3 is 14.6 Å². The average molecular weight is 353 g/mol. The molecular formula is C19H19N3O2S. The standard InChI is InChI=1S/C19H19N3O2S/c23-18(14-1-2-15-16(11-14)21-12-20-15)22-7-5-19(6-8-22)17-13(3-9-24-19)4-10-25-17/h1-2,4,10-12H,3,5-9H2,(H,20,21). The predicted octanol–water partition coefficient (Wildman–Crippen LogP) is 3.33. The molecule has 3 aromatic rings. The zero-order valence-electron chi connectivity index (χ0n) is 13.8. The van der Waals surface area contributed by atoms with E-state index in [0.717, 1.165) is 50.0 Å². The lowest BCUT2D eigenvalue weighted by molar-refractivity contribution is -0.0906. The van der Waals surface area contributed by atoms with Crippen molar-refractivity contribution in [3.8, 4) is 0 Å². The number of aromatic nitrogens is 2. The van der Waals surface area contributed by atoms with E-state index < -0.39 is 0 Å². The van der Waals surface area contributed by atoms with E-state index in [1.54, 1.807) is 17.7 Å². The molecule has 2 aliphatic rings. The fourth-order valence-electron chi connectivity index (χ4n) is 4.05. The van der Waals surface area contributed by atoms with Crippen molar-refractivity contribution in [2.75, 3.05) is 19.7 Å². The van der Waals surface area contributed by atoms with Gasteiger partial charge in [0.1, 0.15) is 5.60 Å². The summed E-state index contributed by atoms with van der Waals surface area (Å²) in [7, 11) is 0. The van der Waals surface area contributed by atoms with Gasteiger partial charge in [-0.25, -0.2) is 4.98 Å². The maximum atomic E-state index is 12.9. The van der Waals surface area contributed by atoms with Gasteiger partial charge in [-0.2, -0.15) is 0 Å². The molecule has 25 heavy (non-hydrogen) atoms. The molecule has 1 amide bonds. The second-order valence-electron chi connectivity index (χ2n) is 6.79. The minimum absolute atomic E-state index is 0.0913. The molecule has 128 valence electrons. The molecule has 1 spiro atoms. The van der Waals surface area contributed by atoms with Gasteiger partial charge in [-0.15, -0.1) is 11.3 Å². The summed E-state index contributed by atoms with van der Waals surface area (Å²) in [6.07, 6.45) is 4.41. The summed E-state index contributed by atoms with van der Waals surface area (Å²) in [4.78, 5) is 23.5. The first-order valence-corrected chi connectivity index (χ1v) is 9.56. The summed E-state index contributed by atoms with van der Waals surface area (Å²) in [5.74, 6) is 0.0913. The Kier molecular flexibility index (Phi) is 3.43. The fraction of sp³-hybridized carbons (Fsp3) is 0.368. The second-order valence-corrected chi connectivity index (χ2v) is 7.71. The number of piperidine rings is 1. The van der Waals surface area contributed by atoms with Gasteiger partial charge in [-0.1, -0.05) is 0 Å². The molecule has 1 aromatic carbocycles. The Morgan fingerprint density at radius 1 is 1.28 bits per heavy atom. The number of likely N-dealkylation sites (tertiary alicyclic amines) is 1. The summed E-state index contributed by atoms with van der Waals surface area (Å²) < 4.78 is 6.23. The first-order valence-electron chi connectivity index (χ1n) is 8.68. The van der Waals surface area contributed by atoms with Crippen LogP contribution in [0, 0.1) is 0 Å². The number of ether oxygens (including phenoxy) is 1. The van der Waals surface area contributed by atoms with Gasteiger partial charge in [0.25, 0.3) is 5.91 Å². The van der Waals surface area contributed by atoms with E-state index in [1.807, 2.05) is 23.1 Å². The summed E-state index contributed by atoms with van der Waals surface area (Å²) in [5, 5.41) is 2.16. The third kappa shape index (κ3) is 2.40. The van der Waals surface area contributed by atoms with E-state index >= 15 is 0 Å². The largest absolute Gasteiger partial charge is 0.369 e. The Balaban J connectivity index is 1.36. The number of benzene rings is 1. The van der Waals surface area contributed by atoms with Crippen molar-refractivity contribution < 1.29 is 9.53 Å². The average Bonchev–Trinajstić information content (AvgIpc) is 3.31. The lowest BCUT2D eigenvalue weighted by atomic mass is 9.85. The number of nitrogens with zero attached hydrogens (tertiary/aromatic N) is 2. The third-order valence-electron chi connectivity index (χ3n) is 5.44. The number of hydrogen-bond donors (Lipinski definition) is 1. The predicted molar refractivity (Wildman–Crippen MR) is 96.9 cm³/mol. The monoisotopic (exact) mass is 353 g/mol. The first-order chi connectivity index (χ1) is 12.3. The third-order valence-corrected chi connectivity index (χ3v) is 6.58. The first kappa shape index (κ1) is 15.1. The number of aromatic amines is 1. The molecule has 4 heterocycles. The van der Waals surface area contributed by atoms with Gasteiger partial charge in [-0.05, 0) is 54.5 Å². The Morgan fingerprint density at radius 2 is 2.16 bits per heavy atom. The highest BCUT2D eigenvalue weighted by atomic mass is 32.1. The minimum atomic E-state index is -0.175. The molecule has 2 aromatic heterocycles. The van der Waals surface area contributed by atoms with Crippen LogP contribution in [0.4, 0.5) is 0 Å². The molecule has 1 fully saturated rings. The summed E-state index contributed by atoms with van der Waals surface area (Å²) >= 11 is 1.80. The number of thiophene rings is 1. The van der Waals surface area contributed by atoms with Gasteiger partial charge in [-0.3, -0.25) is 4.79 Å². The van der Waals surface area contributed by atoms with Crippen LogP contribution in [0.15, 0.2) is 36.0 Å². The summed E-state index contributed by atoms with van der Waals surface area (Å²) in [6.45, 7) is 2.25. The number of hydrogen-bond acceptors (Lipinski definition) is 4. The fourth-order valence-corrected chi connectivity index (χ4v) is 5.22. The van der Waals surface area contributed by atoms with Crippen molar-refractivity contribution in [1.29, 1.82) is 0 Å². The summed E-state index contributed by atoms with van der Waals surface area (Å²) in [6, 6.07) is 7.88. The molecule has 1 N–H and O–H groups in total. The Labute approximate surface area is 149 Å². The molecule has 0 aliphatic carbocycles. The van der Waals surface area contributed by atoms with Crippen LogP contribution in [-0.2, 0) is 16.8 Å². The topological polar surface area (TPSA) is 58.2 Å². The van der Waals surface area contributed by atoms with Crippen LogP contribution >= 0.6 is 11.3 Å². The zero-order valence-corrected chi connectivity index (χ0v) is 14.6. The number of nitrogens with one attached hydrogen (secondary N) is 1. The number of imidazole rings is 1. The molecular weight excluding hydrogens is 334 g/mol. The Morgan fingerprint density at radius 3 is 3.04 bits per heavy atom. The molecule has 5 rings (SSSR count). The van der Waals surface area contributed by atoms with E-state index in [0.29, 0.717) is 5.56 Å². The van der Waals surface area contributed by atoms with E-state index in [1.165, 1.54) is 10.4 Å². The Bertz CT molecular complexity index is 937. The van der Waals surface area contributed by atoms with Crippen molar-refractivity contribution in [2.24, 2.45) is 0 Å². The molecule has 1 saturated heterocycles. The highest BCUT2D eigenvalue weighted by Crippen LogP contribution is 2.44. The molecule has 0 unspecified atom stereocenters. The number of carbonyl (C=O) groups is 1. The van der Waals surface area contributed by atoms with Crippen molar-refractivity contribution in [3.63, 3.8) is 0 Å². The number of carbonyl (C=O) groups excluding carboxylic acids is 1. The number of H-pyrrole nitrogens is 1. The zero-order chi connectivity index (χ0) is 16.9. The van der Waals surface area contributed by atoms with Crippen LogP contribution in [0.1, 0.15) is 33.6 Å². The molecule has 5 nitrogen and oxygen atoms in total. The minimum Gasteiger partial charge on any atom is -0.369 e. The molecule has 0 atom stereocenters. The van der Waals surface area contributed by atoms with Crippen molar-refractivity contribution in [3.05, 3.63) is 52.0 Å². The molecule has 2 aliphatic heterocycles. The number of amides is 1. The molecule has 6 heteroatoms. The van der Waals surface area contributed by atoms with Crippen LogP contribution in [0.3, 0.4) is 0 Å². The van der Waals surface area contributed by atoms with Gasteiger partial charge in [0.2, 0.25) is 0 Å². The number of fused-ring (bicyclic) bond motifs is 3. The maximum absolute atomic E-state index is 12.9. The van der Waals surface area contributed by atoms with E-state index in [9.17, 15) is 4.79 Å². The van der Waals surface area contributed by atoms with Crippen LogP contribution in [-0.4, -0.2) is 40.5 Å². The SMILES string of the molecule is O=C(c1ccc2nc[nH]c2c1)N1CCC2(CC1)OCCc1ccsc12. The second kappa shape index (κ2) is 5.68. The van der Waals surface area contributed by atoms with Gasteiger partial charge in [0, 0.05) is 23.5 Å². The Hall–Kier alpha value is -2.18. The molecule has 0 saturated carbocycles. The maximum Gasteiger partial charge on any atom is 0.253 e. The molecule has 0 radical (unpaired) electrons. The normalized spacial score (nSPS) is 19.3. The van der Waals surface area contributed by atoms with Gasteiger partial charge in [0.15, 0.2) is 0 Å². The van der Waals surface area contributed by atoms with Gasteiger partial charge >= 0.3 is 0 Å². The van der Waals surface area contributed by atoms with E-state index in [2.05, 4.69) is 21.4 Å².